The van der Waals surface area contributed by atoms with Crippen LogP contribution in [0, 0.1) is 0 Å². The minimum atomic E-state index is 0.0994. The van der Waals surface area contributed by atoms with Gasteiger partial charge in [-0.25, -0.2) is 0 Å². The summed E-state index contributed by atoms with van der Waals surface area (Å²) in [5, 5.41) is 8.60. The van der Waals surface area contributed by atoms with Gasteiger partial charge in [0.2, 0.25) is 0 Å². The molecule has 66 valence electrons. The summed E-state index contributed by atoms with van der Waals surface area (Å²) in [6, 6.07) is 3.80. The SMILES string of the molecule is CC(C)(C)NSc1cccnn1. The molecule has 1 heterocycles. The third-order valence-corrected chi connectivity index (χ3v) is 2.15. The Hall–Kier alpha value is -0.610. The maximum absolute atomic E-state index is 3.93. The van der Waals surface area contributed by atoms with Crippen LogP contribution in [0.4, 0.5) is 0 Å². The van der Waals surface area contributed by atoms with Crippen molar-refractivity contribution in [3.8, 4) is 0 Å². The van der Waals surface area contributed by atoms with Crippen molar-refractivity contribution in [2.75, 3.05) is 0 Å². The van der Waals surface area contributed by atoms with E-state index in [1.807, 2.05) is 12.1 Å². The van der Waals surface area contributed by atoms with E-state index in [0.29, 0.717) is 0 Å². The number of rotatable bonds is 2. The van der Waals surface area contributed by atoms with Crippen LogP contribution in [0.3, 0.4) is 0 Å². The van der Waals surface area contributed by atoms with Gasteiger partial charge in [0.05, 0.1) is 0 Å². The quantitative estimate of drug-likeness (QED) is 0.710. The smallest absolute Gasteiger partial charge is 0.134 e. The molecule has 0 aromatic carbocycles. The predicted octanol–water partition coefficient (Wildman–Crippen LogP) is 1.87. The molecule has 0 spiro atoms. The minimum Gasteiger partial charge on any atom is -0.253 e. The molecule has 1 aromatic rings. The van der Waals surface area contributed by atoms with Crippen LogP contribution < -0.4 is 4.72 Å². The lowest BCUT2D eigenvalue weighted by molar-refractivity contribution is 0.535. The first-order chi connectivity index (χ1) is 5.58. The molecule has 3 nitrogen and oxygen atoms in total. The van der Waals surface area contributed by atoms with Crippen LogP contribution in [0.15, 0.2) is 23.4 Å². The molecule has 0 unspecified atom stereocenters. The molecule has 0 radical (unpaired) electrons. The first-order valence-electron chi connectivity index (χ1n) is 3.80. The highest BCUT2D eigenvalue weighted by Crippen LogP contribution is 2.13. The Morgan fingerprint density at radius 3 is 2.67 bits per heavy atom. The molecule has 0 atom stereocenters. The van der Waals surface area contributed by atoms with Gasteiger partial charge in [0.1, 0.15) is 5.03 Å². The summed E-state index contributed by atoms with van der Waals surface area (Å²) in [5.41, 5.74) is 0.0994. The number of nitrogens with one attached hydrogen (secondary N) is 1. The van der Waals surface area contributed by atoms with Crippen molar-refractivity contribution in [2.45, 2.75) is 31.3 Å². The molecule has 1 N–H and O–H groups in total. The lowest BCUT2D eigenvalue weighted by atomic mass is 10.1. The normalized spacial score (nSPS) is 11.6. The summed E-state index contributed by atoms with van der Waals surface area (Å²) in [4.78, 5) is 0. The highest BCUT2D eigenvalue weighted by atomic mass is 32.2. The Morgan fingerprint density at radius 1 is 1.42 bits per heavy atom. The van der Waals surface area contributed by atoms with Crippen molar-refractivity contribution in [1.82, 2.24) is 14.9 Å². The van der Waals surface area contributed by atoms with Crippen molar-refractivity contribution in [3.05, 3.63) is 18.3 Å². The van der Waals surface area contributed by atoms with Gasteiger partial charge < -0.3 is 0 Å². The lowest BCUT2D eigenvalue weighted by Crippen LogP contribution is -2.29. The van der Waals surface area contributed by atoms with Crippen molar-refractivity contribution < 1.29 is 0 Å². The van der Waals surface area contributed by atoms with E-state index in [2.05, 4.69) is 35.7 Å². The van der Waals surface area contributed by atoms with Crippen LogP contribution in [0.1, 0.15) is 20.8 Å². The zero-order valence-electron chi connectivity index (χ0n) is 7.53. The second kappa shape index (κ2) is 3.87. The highest BCUT2D eigenvalue weighted by Gasteiger charge is 2.09. The van der Waals surface area contributed by atoms with Crippen LogP contribution in [0.2, 0.25) is 0 Å². The van der Waals surface area contributed by atoms with Crippen LogP contribution in [0.25, 0.3) is 0 Å². The van der Waals surface area contributed by atoms with E-state index < -0.39 is 0 Å². The van der Waals surface area contributed by atoms with Crippen molar-refractivity contribution >= 4 is 11.9 Å². The van der Waals surface area contributed by atoms with Gasteiger partial charge in [-0.05, 0) is 44.9 Å². The molecule has 0 saturated heterocycles. The molecule has 1 aromatic heterocycles. The lowest BCUT2D eigenvalue weighted by Gasteiger charge is -2.18. The molecule has 1 rings (SSSR count). The van der Waals surface area contributed by atoms with Gasteiger partial charge in [-0.3, -0.25) is 4.72 Å². The Balaban J connectivity index is 2.44. The zero-order chi connectivity index (χ0) is 9.03. The molecule has 0 aliphatic rings. The van der Waals surface area contributed by atoms with Gasteiger partial charge in [0, 0.05) is 11.7 Å². The standard InChI is InChI=1S/C8H13N3S/c1-8(2,3)11-12-7-5-4-6-9-10-7/h4-6,11H,1-3H3. The third-order valence-electron chi connectivity index (χ3n) is 1.01. The first-order valence-corrected chi connectivity index (χ1v) is 4.61. The molecular formula is C8H13N3S. The van der Waals surface area contributed by atoms with E-state index in [4.69, 9.17) is 0 Å². The summed E-state index contributed by atoms with van der Waals surface area (Å²) in [6.07, 6.45) is 1.67. The van der Waals surface area contributed by atoms with Crippen molar-refractivity contribution in [3.63, 3.8) is 0 Å². The monoisotopic (exact) mass is 183 g/mol. The van der Waals surface area contributed by atoms with E-state index >= 15 is 0 Å². The predicted molar refractivity (Wildman–Crippen MR) is 50.8 cm³/mol. The minimum absolute atomic E-state index is 0.0994. The number of aromatic nitrogens is 2. The Morgan fingerprint density at radius 2 is 2.17 bits per heavy atom. The number of hydrogen-bond acceptors (Lipinski definition) is 4. The largest absolute Gasteiger partial charge is 0.253 e. The third kappa shape index (κ3) is 3.69. The fourth-order valence-electron chi connectivity index (χ4n) is 0.547. The molecule has 0 aliphatic carbocycles. The van der Waals surface area contributed by atoms with E-state index in [0.717, 1.165) is 5.03 Å². The molecule has 0 saturated carbocycles. The Bertz CT molecular complexity index is 230. The molecular weight excluding hydrogens is 170 g/mol. The maximum Gasteiger partial charge on any atom is 0.134 e. The molecule has 0 fully saturated rings. The van der Waals surface area contributed by atoms with Crippen LogP contribution >= 0.6 is 11.9 Å². The van der Waals surface area contributed by atoms with Gasteiger partial charge in [-0.15, -0.1) is 5.10 Å². The van der Waals surface area contributed by atoms with E-state index in [9.17, 15) is 0 Å². The second-order valence-corrected chi connectivity index (χ2v) is 4.34. The topological polar surface area (TPSA) is 37.8 Å². The summed E-state index contributed by atoms with van der Waals surface area (Å²) < 4.78 is 3.25. The summed E-state index contributed by atoms with van der Waals surface area (Å²) in [7, 11) is 0. The fourth-order valence-corrected chi connectivity index (χ4v) is 1.19. The van der Waals surface area contributed by atoms with Crippen molar-refractivity contribution in [2.24, 2.45) is 0 Å². The van der Waals surface area contributed by atoms with Gasteiger partial charge >= 0.3 is 0 Å². The molecule has 0 aliphatic heterocycles. The highest BCUT2D eigenvalue weighted by molar-refractivity contribution is 7.97. The van der Waals surface area contributed by atoms with Gasteiger partial charge in [-0.2, -0.15) is 5.10 Å². The van der Waals surface area contributed by atoms with Crippen LogP contribution in [0.5, 0.6) is 0 Å². The molecule has 4 heteroatoms. The number of hydrogen-bond donors (Lipinski definition) is 1. The molecule has 0 bridgehead atoms. The molecule has 0 amide bonds. The molecule has 12 heavy (non-hydrogen) atoms. The second-order valence-electron chi connectivity index (χ2n) is 3.52. The van der Waals surface area contributed by atoms with E-state index in [1.165, 1.54) is 11.9 Å². The van der Waals surface area contributed by atoms with Gasteiger partial charge in [-0.1, -0.05) is 0 Å². The maximum atomic E-state index is 3.93. The van der Waals surface area contributed by atoms with Gasteiger partial charge in [0.25, 0.3) is 0 Å². The summed E-state index contributed by atoms with van der Waals surface area (Å²) >= 11 is 1.50. The Kier molecular flexibility index (Phi) is 3.05. The van der Waals surface area contributed by atoms with Crippen LogP contribution in [-0.2, 0) is 0 Å². The van der Waals surface area contributed by atoms with Crippen molar-refractivity contribution in [1.29, 1.82) is 0 Å². The Labute approximate surface area is 77.1 Å². The number of nitrogens with zero attached hydrogens (tertiary/aromatic N) is 2. The van der Waals surface area contributed by atoms with E-state index in [1.54, 1.807) is 6.20 Å². The first kappa shape index (κ1) is 9.48. The average molecular weight is 183 g/mol. The van der Waals surface area contributed by atoms with Crippen LogP contribution in [-0.4, -0.2) is 15.7 Å². The fraction of sp³-hybridized carbons (Fsp3) is 0.500. The average Bonchev–Trinajstić information content (AvgIpc) is 2.02. The zero-order valence-corrected chi connectivity index (χ0v) is 8.35. The van der Waals surface area contributed by atoms with Gasteiger partial charge in [0.15, 0.2) is 0 Å². The van der Waals surface area contributed by atoms with E-state index in [-0.39, 0.29) is 5.54 Å². The summed E-state index contributed by atoms with van der Waals surface area (Å²) in [5.74, 6) is 0. The summed E-state index contributed by atoms with van der Waals surface area (Å²) in [6.45, 7) is 6.32.